The van der Waals surface area contributed by atoms with Crippen LogP contribution < -0.4 is 10.2 Å². The van der Waals surface area contributed by atoms with Crippen LogP contribution in [0.25, 0.3) is 17.0 Å². The van der Waals surface area contributed by atoms with Crippen molar-refractivity contribution in [1.82, 2.24) is 29.7 Å². The molecular weight excluding hydrogens is 438 g/mol. The molecule has 4 heterocycles. The van der Waals surface area contributed by atoms with E-state index < -0.39 is 0 Å². The second-order valence-corrected chi connectivity index (χ2v) is 9.93. The zero-order valence-corrected chi connectivity index (χ0v) is 20.1. The van der Waals surface area contributed by atoms with E-state index in [1.165, 1.54) is 5.56 Å². The van der Waals surface area contributed by atoms with Crippen molar-refractivity contribution in [2.75, 3.05) is 25.5 Å². The van der Waals surface area contributed by atoms with Crippen LogP contribution in [0.1, 0.15) is 31.2 Å². The van der Waals surface area contributed by atoms with Crippen LogP contribution in [0, 0.1) is 0 Å². The fourth-order valence-electron chi connectivity index (χ4n) is 5.79. The Balaban J connectivity index is 1.21. The monoisotopic (exact) mass is 467 g/mol. The van der Waals surface area contributed by atoms with E-state index in [1.807, 2.05) is 29.0 Å². The molecular formula is C27H29N7O. The molecule has 1 aromatic carbocycles. The van der Waals surface area contributed by atoms with E-state index in [2.05, 4.69) is 69.6 Å². The quantitative estimate of drug-likeness (QED) is 0.489. The molecule has 1 aliphatic heterocycles. The van der Waals surface area contributed by atoms with Gasteiger partial charge in [0.1, 0.15) is 5.65 Å². The molecule has 1 N–H and O–H groups in total. The molecule has 178 valence electrons. The Morgan fingerprint density at radius 3 is 2.37 bits per heavy atom. The highest BCUT2D eigenvalue weighted by atomic mass is 16.2. The van der Waals surface area contributed by atoms with E-state index in [-0.39, 0.29) is 17.1 Å². The molecule has 0 atom stereocenters. The Bertz CT molecular complexity index is 1360. The summed E-state index contributed by atoms with van der Waals surface area (Å²) in [6, 6.07) is 16.6. The Hall–Kier alpha value is -3.78. The average molecular weight is 468 g/mol. The highest BCUT2D eigenvalue weighted by Crippen LogP contribution is 2.46. The van der Waals surface area contributed by atoms with Crippen molar-refractivity contribution >= 4 is 22.8 Å². The topological polar surface area (TPSA) is 79.2 Å². The fraction of sp³-hybridized carbons (Fsp3) is 0.333. The standard InChI is InChI=1S/C27H29N7O/c1-32(2)27(21-8-4-3-5-9-21)13-11-26(12-14-27)19-34(25(35)31-26)22-17-29-24(30-18-22)33-16-10-20-7-6-15-28-23(20)33/h3-10,15-18H,11-14,19H2,1-2H3,(H,31,35)/t26-,27-. The Kier molecular flexibility index (Phi) is 5.07. The first-order chi connectivity index (χ1) is 17.0. The zero-order valence-electron chi connectivity index (χ0n) is 20.1. The van der Waals surface area contributed by atoms with Crippen molar-refractivity contribution in [2.24, 2.45) is 0 Å². The smallest absolute Gasteiger partial charge is 0.322 e. The highest BCUT2D eigenvalue weighted by Gasteiger charge is 2.50. The van der Waals surface area contributed by atoms with Gasteiger partial charge in [0.25, 0.3) is 0 Å². The minimum absolute atomic E-state index is 0.0109. The molecule has 1 spiro atoms. The van der Waals surface area contributed by atoms with Crippen molar-refractivity contribution < 1.29 is 4.79 Å². The summed E-state index contributed by atoms with van der Waals surface area (Å²) < 4.78 is 1.86. The van der Waals surface area contributed by atoms with E-state index in [4.69, 9.17) is 0 Å². The lowest BCUT2D eigenvalue weighted by molar-refractivity contribution is 0.0658. The first kappa shape index (κ1) is 21.7. The summed E-state index contributed by atoms with van der Waals surface area (Å²) >= 11 is 0. The lowest BCUT2D eigenvalue weighted by atomic mass is 9.69. The van der Waals surface area contributed by atoms with Crippen molar-refractivity contribution in [1.29, 1.82) is 0 Å². The number of nitrogens with one attached hydrogen (secondary N) is 1. The van der Waals surface area contributed by atoms with Crippen LogP contribution in [0.2, 0.25) is 0 Å². The van der Waals surface area contributed by atoms with Crippen LogP contribution in [-0.4, -0.2) is 56.6 Å². The van der Waals surface area contributed by atoms with Crippen LogP contribution in [-0.2, 0) is 5.54 Å². The van der Waals surface area contributed by atoms with E-state index >= 15 is 0 Å². The number of nitrogens with zero attached hydrogens (tertiary/aromatic N) is 6. The summed E-state index contributed by atoms with van der Waals surface area (Å²) in [5.74, 6) is 0.535. The van der Waals surface area contributed by atoms with E-state index in [0.717, 1.165) is 36.7 Å². The molecule has 1 saturated heterocycles. The molecule has 3 aromatic heterocycles. The van der Waals surface area contributed by atoms with Crippen molar-refractivity contribution in [3.8, 4) is 5.95 Å². The van der Waals surface area contributed by atoms with Gasteiger partial charge in [0.2, 0.25) is 5.95 Å². The summed E-state index contributed by atoms with van der Waals surface area (Å²) in [5.41, 5.74) is 2.62. The molecule has 0 unspecified atom stereocenters. The predicted molar refractivity (Wildman–Crippen MR) is 136 cm³/mol. The van der Waals surface area contributed by atoms with Crippen LogP contribution in [0.3, 0.4) is 0 Å². The van der Waals surface area contributed by atoms with Gasteiger partial charge in [0.15, 0.2) is 0 Å². The number of rotatable bonds is 4. The molecule has 2 aliphatic rings. The molecule has 6 rings (SSSR count). The fourth-order valence-corrected chi connectivity index (χ4v) is 5.79. The predicted octanol–water partition coefficient (Wildman–Crippen LogP) is 4.12. The Labute approximate surface area is 204 Å². The lowest BCUT2D eigenvalue weighted by Gasteiger charge is -2.48. The van der Waals surface area contributed by atoms with E-state index in [1.54, 1.807) is 23.5 Å². The van der Waals surface area contributed by atoms with Crippen LogP contribution in [0.15, 0.2) is 73.3 Å². The number of hydrogen-bond donors (Lipinski definition) is 1. The summed E-state index contributed by atoms with van der Waals surface area (Å²) in [4.78, 5) is 30.7. The van der Waals surface area contributed by atoms with Gasteiger partial charge in [-0.1, -0.05) is 30.3 Å². The molecule has 35 heavy (non-hydrogen) atoms. The summed E-state index contributed by atoms with van der Waals surface area (Å²) in [5, 5.41) is 4.34. The molecule has 2 amide bonds. The van der Waals surface area contributed by atoms with Gasteiger partial charge in [-0.2, -0.15) is 0 Å². The number of urea groups is 1. The number of benzene rings is 1. The van der Waals surface area contributed by atoms with E-state index in [9.17, 15) is 4.79 Å². The largest absolute Gasteiger partial charge is 0.330 e. The maximum Gasteiger partial charge on any atom is 0.322 e. The summed E-state index contributed by atoms with van der Waals surface area (Å²) in [6.07, 6.45) is 10.9. The van der Waals surface area contributed by atoms with Gasteiger partial charge in [-0.25, -0.2) is 19.7 Å². The molecule has 8 heteroatoms. The average Bonchev–Trinajstić information content (AvgIpc) is 3.46. The number of carbonyl (C=O) groups is 1. The van der Waals surface area contributed by atoms with Gasteiger partial charge in [-0.3, -0.25) is 14.4 Å². The van der Waals surface area contributed by atoms with Gasteiger partial charge in [0.05, 0.1) is 30.2 Å². The van der Waals surface area contributed by atoms with Crippen LogP contribution in [0.5, 0.6) is 0 Å². The second-order valence-electron chi connectivity index (χ2n) is 9.93. The third kappa shape index (κ3) is 3.56. The molecule has 8 nitrogen and oxygen atoms in total. The first-order valence-electron chi connectivity index (χ1n) is 12.1. The number of fused-ring (bicyclic) bond motifs is 1. The minimum atomic E-state index is -0.232. The van der Waals surface area contributed by atoms with Crippen molar-refractivity contribution in [3.63, 3.8) is 0 Å². The first-order valence-corrected chi connectivity index (χ1v) is 12.1. The third-order valence-electron chi connectivity index (χ3n) is 7.88. The number of amides is 2. The van der Waals surface area contributed by atoms with E-state index in [0.29, 0.717) is 18.2 Å². The Morgan fingerprint density at radius 2 is 1.66 bits per heavy atom. The van der Waals surface area contributed by atoms with Crippen molar-refractivity contribution in [2.45, 2.75) is 36.8 Å². The van der Waals surface area contributed by atoms with Gasteiger partial charge < -0.3 is 5.32 Å². The molecule has 1 saturated carbocycles. The number of carbonyl (C=O) groups excluding carboxylic acids is 1. The molecule has 4 aromatic rings. The van der Waals surface area contributed by atoms with Gasteiger partial charge >= 0.3 is 6.03 Å². The SMILES string of the molecule is CN(C)[C@]1(c2ccccc2)CC[C@@]2(CC1)CN(c1cnc(-n3ccc4cccnc43)nc1)C(=O)N2. The van der Waals surface area contributed by atoms with Crippen LogP contribution in [0.4, 0.5) is 10.5 Å². The summed E-state index contributed by atoms with van der Waals surface area (Å²) in [7, 11) is 4.32. The van der Waals surface area contributed by atoms with Gasteiger partial charge in [-0.15, -0.1) is 0 Å². The van der Waals surface area contributed by atoms with Gasteiger partial charge in [0, 0.05) is 23.3 Å². The molecule has 0 radical (unpaired) electrons. The van der Waals surface area contributed by atoms with Crippen molar-refractivity contribution in [3.05, 3.63) is 78.9 Å². The lowest BCUT2D eigenvalue weighted by Crippen LogP contribution is -2.54. The number of hydrogen-bond acceptors (Lipinski definition) is 5. The number of aromatic nitrogens is 4. The molecule has 1 aliphatic carbocycles. The number of pyridine rings is 1. The van der Waals surface area contributed by atoms with Gasteiger partial charge in [-0.05, 0) is 63.5 Å². The zero-order chi connectivity index (χ0) is 24.0. The molecule has 0 bridgehead atoms. The second kappa shape index (κ2) is 8.16. The normalized spacial score (nSPS) is 24.4. The maximum atomic E-state index is 13.0. The maximum absolute atomic E-state index is 13.0. The third-order valence-corrected chi connectivity index (χ3v) is 7.88. The summed E-state index contributed by atoms with van der Waals surface area (Å²) in [6.45, 7) is 0.626. The minimum Gasteiger partial charge on any atom is -0.330 e. The molecule has 2 fully saturated rings. The van der Waals surface area contributed by atoms with Crippen LogP contribution >= 0.6 is 0 Å². The number of anilines is 1. The Morgan fingerprint density at radius 1 is 0.914 bits per heavy atom. The highest BCUT2D eigenvalue weighted by molar-refractivity contribution is 5.95.